The Kier molecular flexibility index (Phi) is 4.55. The van der Waals surface area contributed by atoms with Crippen molar-refractivity contribution in [2.24, 2.45) is 11.1 Å². The largest absolute Gasteiger partial charge is 0.388 e. The standard InChI is InChI=1S/C11H17N5OS/c1-11(2,10(17)13-3)6-16-9-7(8(12)18)14-4-5-15-9/h4-5H,6H2,1-3H3,(H2,12,18)(H,13,17)(H,15,16). The summed E-state index contributed by atoms with van der Waals surface area (Å²) in [4.78, 5) is 20.0. The van der Waals surface area contributed by atoms with Gasteiger partial charge in [-0.15, -0.1) is 0 Å². The summed E-state index contributed by atoms with van der Waals surface area (Å²) in [6.45, 7) is 4.06. The lowest BCUT2D eigenvalue weighted by molar-refractivity contribution is -0.128. The van der Waals surface area contributed by atoms with Crippen molar-refractivity contribution >= 4 is 28.9 Å². The van der Waals surface area contributed by atoms with E-state index in [2.05, 4.69) is 20.6 Å². The minimum Gasteiger partial charge on any atom is -0.388 e. The summed E-state index contributed by atoms with van der Waals surface area (Å²) in [5.41, 5.74) is 5.41. The van der Waals surface area contributed by atoms with Gasteiger partial charge >= 0.3 is 0 Å². The van der Waals surface area contributed by atoms with Gasteiger partial charge in [0.05, 0.1) is 5.41 Å². The molecule has 1 aromatic heterocycles. The molecule has 7 heteroatoms. The predicted octanol–water partition coefficient (Wildman–Crippen LogP) is 0.295. The maximum atomic E-state index is 11.6. The topological polar surface area (TPSA) is 92.9 Å². The van der Waals surface area contributed by atoms with E-state index < -0.39 is 5.41 Å². The van der Waals surface area contributed by atoms with Crippen LogP contribution < -0.4 is 16.4 Å². The van der Waals surface area contributed by atoms with E-state index in [0.717, 1.165) is 0 Å². The predicted molar refractivity (Wildman–Crippen MR) is 74.3 cm³/mol. The van der Waals surface area contributed by atoms with Gasteiger partial charge in [-0.3, -0.25) is 4.79 Å². The quantitative estimate of drug-likeness (QED) is 0.664. The summed E-state index contributed by atoms with van der Waals surface area (Å²) in [6, 6.07) is 0. The highest BCUT2D eigenvalue weighted by molar-refractivity contribution is 7.80. The molecule has 1 amide bonds. The van der Waals surface area contributed by atoms with Gasteiger partial charge in [0.1, 0.15) is 10.7 Å². The van der Waals surface area contributed by atoms with E-state index in [-0.39, 0.29) is 10.9 Å². The zero-order valence-electron chi connectivity index (χ0n) is 10.7. The molecule has 98 valence electrons. The molecular formula is C11H17N5OS. The molecular weight excluding hydrogens is 250 g/mol. The Morgan fingerprint density at radius 2 is 2.06 bits per heavy atom. The zero-order valence-corrected chi connectivity index (χ0v) is 11.5. The van der Waals surface area contributed by atoms with Gasteiger partial charge in [0.25, 0.3) is 0 Å². The van der Waals surface area contributed by atoms with Gasteiger partial charge in [0.2, 0.25) is 5.91 Å². The molecule has 0 aliphatic carbocycles. The maximum absolute atomic E-state index is 11.6. The number of aromatic nitrogens is 2. The van der Waals surface area contributed by atoms with Crippen LogP contribution in [0, 0.1) is 5.41 Å². The SMILES string of the molecule is CNC(=O)C(C)(C)CNc1nccnc1C(N)=S. The van der Waals surface area contributed by atoms with Crippen LogP contribution in [-0.4, -0.2) is 34.5 Å². The molecule has 0 unspecified atom stereocenters. The van der Waals surface area contributed by atoms with Gasteiger partial charge in [-0.25, -0.2) is 9.97 Å². The number of anilines is 1. The highest BCUT2D eigenvalue weighted by atomic mass is 32.1. The summed E-state index contributed by atoms with van der Waals surface area (Å²) < 4.78 is 0. The van der Waals surface area contributed by atoms with Crippen LogP contribution in [0.4, 0.5) is 5.82 Å². The van der Waals surface area contributed by atoms with E-state index in [1.165, 1.54) is 12.4 Å². The number of hydrogen-bond donors (Lipinski definition) is 3. The molecule has 18 heavy (non-hydrogen) atoms. The van der Waals surface area contributed by atoms with Crippen molar-refractivity contribution in [1.82, 2.24) is 15.3 Å². The number of rotatable bonds is 5. The first kappa shape index (κ1) is 14.3. The van der Waals surface area contributed by atoms with Crippen molar-refractivity contribution in [3.8, 4) is 0 Å². The molecule has 0 aliphatic heterocycles. The zero-order chi connectivity index (χ0) is 13.8. The van der Waals surface area contributed by atoms with E-state index in [0.29, 0.717) is 18.1 Å². The second kappa shape index (κ2) is 5.72. The minimum atomic E-state index is -0.570. The third kappa shape index (κ3) is 3.36. The summed E-state index contributed by atoms with van der Waals surface area (Å²) >= 11 is 4.89. The molecule has 1 heterocycles. The van der Waals surface area contributed by atoms with E-state index in [4.69, 9.17) is 18.0 Å². The first-order chi connectivity index (χ1) is 8.38. The lowest BCUT2D eigenvalue weighted by atomic mass is 9.92. The van der Waals surface area contributed by atoms with Crippen molar-refractivity contribution in [3.63, 3.8) is 0 Å². The Labute approximate surface area is 111 Å². The number of nitrogens with two attached hydrogens (primary N) is 1. The van der Waals surface area contributed by atoms with Crippen LogP contribution in [0.1, 0.15) is 19.5 Å². The van der Waals surface area contributed by atoms with Gasteiger partial charge < -0.3 is 16.4 Å². The Hall–Kier alpha value is -1.76. The van der Waals surface area contributed by atoms with Gasteiger partial charge in [0.15, 0.2) is 5.82 Å². The smallest absolute Gasteiger partial charge is 0.227 e. The summed E-state index contributed by atoms with van der Waals surface area (Å²) in [5.74, 6) is 0.428. The Morgan fingerprint density at radius 3 is 2.61 bits per heavy atom. The van der Waals surface area contributed by atoms with Crippen LogP contribution in [0.2, 0.25) is 0 Å². The first-order valence-electron chi connectivity index (χ1n) is 5.45. The molecule has 0 saturated carbocycles. The molecule has 1 aromatic rings. The van der Waals surface area contributed by atoms with Crippen molar-refractivity contribution < 1.29 is 4.79 Å². The maximum Gasteiger partial charge on any atom is 0.227 e. The van der Waals surface area contributed by atoms with Crippen LogP contribution >= 0.6 is 12.2 Å². The summed E-state index contributed by atoms with van der Waals surface area (Å²) in [6.07, 6.45) is 3.06. The Morgan fingerprint density at radius 1 is 1.44 bits per heavy atom. The number of thiocarbonyl (C=S) groups is 1. The fourth-order valence-electron chi connectivity index (χ4n) is 1.37. The molecule has 0 atom stereocenters. The second-order valence-corrected chi connectivity index (χ2v) is 4.87. The molecule has 1 rings (SSSR count). The van der Waals surface area contributed by atoms with Crippen molar-refractivity contribution in [2.75, 3.05) is 18.9 Å². The fraction of sp³-hybridized carbons (Fsp3) is 0.455. The van der Waals surface area contributed by atoms with E-state index in [1.54, 1.807) is 7.05 Å². The molecule has 6 nitrogen and oxygen atoms in total. The highest BCUT2D eigenvalue weighted by Gasteiger charge is 2.26. The Balaban J connectivity index is 2.81. The van der Waals surface area contributed by atoms with Gasteiger partial charge in [-0.2, -0.15) is 0 Å². The molecule has 0 saturated heterocycles. The van der Waals surface area contributed by atoms with E-state index in [9.17, 15) is 4.79 Å². The average molecular weight is 267 g/mol. The third-order valence-corrected chi connectivity index (χ3v) is 2.66. The number of nitrogens with zero attached hydrogens (tertiary/aromatic N) is 2. The monoisotopic (exact) mass is 267 g/mol. The molecule has 4 N–H and O–H groups in total. The molecule has 0 aliphatic rings. The summed E-state index contributed by atoms with van der Waals surface area (Å²) in [7, 11) is 1.60. The normalized spacial score (nSPS) is 10.8. The van der Waals surface area contributed by atoms with Crippen molar-refractivity contribution in [3.05, 3.63) is 18.1 Å². The number of amides is 1. The lowest BCUT2D eigenvalue weighted by Crippen LogP contribution is -2.39. The lowest BCUT2D eigenvalue weighted by Gasteiger charge is -2.23. The summed E-state index contributed by atoms with van der Waals surface area (Å²) in [5, 5.41) is 5.66. The van der Waals surface area contributed by atoms with Crippen LogP contribution in [0.15, 0.2) is 12.4 Å². The van der Waals surface area contributed by atoms with Gasteiger partial charge in [-0.1, -0.05) is 12.2 Å². The van der Waals surface area contributed by atoms with Crippen LogP contribution in [-0.2, 0) is 4.79 Å². The van der Waals surface area contributed by atoms with Crippen LogP contribution in [0.5, 0.6) is 0 Å². The number of nitrogens with one attached hydrogen (secondary N) is 2. The second-order valence-electron chi connectivity index (χ2n) is 4.43. The first-order valence-corrected chi connectivity index (χ1v) is 5.86. The fourth-order valence-corrected chi connectivity index (χ4v) is 1.52. The van der Waals surface area contributed by atoms with Crippen molar-refractivity contribution in [2.45, 2.75) is 13.8 Å². The van der Waals surface area contributed by atoms with Crippen LogP contribution in [0.3, 0.4) is 0 Å². The molecule has 0 spiro atoms. The van der Waals surface area contributed by atoms with Gasteiger partial charge in [-0.05, 0) is 13.8 Å². The van der Waals surface area contributed by atoms with E-state index in [1.807, 2.05) is 13.8 Å². The molecule has 0 bridgehead atoms. The number of carbonyl (C=O) groups is 1. The van der Waals surface area contributed by atoms with E-state index >= 15 is 0 Å². The Bertz CT molecular complexity index is 461. The van der Waals surface area contributed by atoms with Crippen molar-refractivity contribution in [1.29, 1.82) is 0 Å². The molecule has 0 fully saturated rings. The number of carbonyl (C=O) groups excluding carboxylic acids is 1. The minimum absolute atomic E-state index is 0.0595. The average Bonchev–Trinajstić information content (AvgIpc) is 2.35. The third-order valence-electron chi connectivity index (χ3n) is 2.47. The molecule has 0 radical (unpaired) electrons. The molecule has 0 aromatic carbocycles. The van der Waals surface area contributed by atoms with Crippen LogP contribution in [0.25, 0.3) is 0 Å². The van der Waals surface area contributed by atoms with Gasteiger partial charge in [0, 0.05) is 26.0 Å². The number of hydrogen-bond acceptors (Lipinski definition) is 5. The highest BCUT2D eigenvalue weighted by Crippen LogP contribution is 2.17.